The third-order valence-corrected chi connectivity index (χ3v) is 9.44. The molecule has 1 amide bonds. The van der Waals surface area contributed by atoms with Gasteiger partial charge in [-0.2, -0.15) is 0 Å². The van der Waals surface area contributed by atoms with Crippen molar-refractivity contribution in [3.05, 3.63) is 156 Å². The van der Waals surface area contributed by atoms with Crippen LogP contribution in [0.3, 0.4) is 0 Å². The number of rotatable bonds is 10. The molecule has 246 valence electrons. The molecule has 0 radical (unpaired) electrons. The highest BCUT2D eigenvalue weighted by atomic mass is 32.2. The van der Waals surface area contributed by atoms with Gasteiger partial charge >= 0.3 is 0 Å². The van der Waals surface area contributed by atoms with Crippen molar-refractivity contribution in [3.63, 3.8) is 0 Å². The summed E-state index contributed by atoms with van der Waals surface area (Å²) in [5.74, 6) is 0.998. The average Bonchev–Trinajstić information content (AvgIpc) is 3.60. The Balaban J connectivity index is 1.16. The summed E-state index contributed by atoms with van der Waals surface area (Å²) in [6, 6.07) is 38.8. The van der Waals surface area contributed by atoms with Gasteiger partial charge in [0.05, 0.1) is 24.4 Å². The molecule has 4 atom stereocenters. The van der Waals surface area contributed by atoms with Crippen molar-refractivity contribution < 1.29 is 23.8 Å². The number of oxazole rings is 1. The highest BCUT2D eigenvalue weighted by Crippen LogP contribution is 2.44. The number of aliphatic hydroxyl groups is 1. The third kappa shape index (κ3) is 7.50. The molecular formula is C40H35N3O5S. The van der Waals surface area contributed by atoms with Crippen LogP contribution in [0, 0.1) is 5.92 Å². The van der Waals surface area contributed by atoms with E-state index in [0.29, 0.717) is 22.2 Å². The summed E-state index contributed by atoms with van der Waals surface area (Å²) in [7, 11) is 0. The Morgan fingerprint density at radius 3 is 2.31 bits per heavy atom. The predicted molar refractivity (Wildman–Crippen MR) is 190 cm³/mol. The summed E-state index contributed by atoms with van der Waals surface area (Å²) in [6.45, 7) is 2.09. The minimum atomic E-state index is -0.705. The van der Waals surface area contributed by atoms with E-state index in [0.717, 1.165) is 39.3 Å². The van der Waals surface area contributed by atoms with E-state index in [-0.39, 0.29) is 30.6 Å². The largest absolute Gasteiger partial charge is 0.431 e. The van der Waals surface area contributed by atoms with Gasteiger partial charge in [-0.05, 0) is 35.4 Å². The van der Waals surface area contributed by atoms with Crippen molar-refractivity contribution in [3.8, 4) is 22.6 Å². The Labute approximate surface area is 289 Å². The minimum Gasteiger partial charge on any atom is -0.431 e. The number of carbonyl (C=O) groups excluding carboxylic acids is 1. The maximum absolute atomic E-state index is 12.9. The summed E-state index contributed by atoms with van der Waals surface area (Å²) in [5.41, 5.74) is 6.41. The van der Waals surface area contributed by atoms with E-state index in [2.05, 4.69) is 17.2 Å². The Morgan fingerprint density at radius 1 is 0.837 bits per heavy atom. The van der Waals surface area contributed by atoms with E-state index in [1.54, 1.807) is 18.3 Å². The van der Waals surface area contributed by atoms with Crippen molar-refractivity contribution >= 4 is 23.4 Å². The summed E-state index contributed by atoms with van der Waals surface area (Å²) in [6.07, 6.45) is 1.92. The van der Waals surface area contributed by atoms with E-state index in [4.69, 9.17) is 18.9 Å². The van der Waals surface area contributed by atoms with Crippen molar-refractivity contribution in [1.82, 2.24) is 9.97 Å². The number of thioether (sulfide) groups is 1. The zero-order valence-corrected chi connectivity index (χ0v) is 27.6. The maximum Gasteiger partial charge on any atom is 0.257 e. The highest BCUT2D eigenvalue weighted by molar-refractivity contribution is 7.99. The molecule has 8 nitrogen and oxygen atoms in total. The molecule has 0 aliphatic carbocycles. The predicted octanol–water partition coefficient (Wildman–Crippen LogP) is 8.73. The summed E-state index contributed by atoms with van der Waals surface area (Å²) in [5, 5.41) is 13.1. The zero-order valence-electron chi connectivity index (χ0n) is 26.8. The maximum atomic E-state index is 12.9. The molecule has 0 spiro atoms. The fourth-order valence-electron chi connectivity index (χ4n) is 5.87. The van der Waals surface area contributed by atoms with Gasteiger partial charge in [0.15, 0.2) is 12.1 Å². The molecule has 0 bridgehead atoms. The molecular weight excluding hydrogens is 635 g/mol. The van der Waals surface area contributed by atoms with E-state index < -0.39 is 6.29 Å². The van der Waals surface area contributed by atoms with Crippen LogP contribution < -0.4 is 5.32 Å². The monoisotopic (exact) mass is 669 g/mol. The van der Waals surface area contributed by atoms with E-state index in [9.17, 15) is 9.90 Å². The van der Waals surface area contributed by atoms with Crippen molar-refractivity contribution in [2.45, 2.75) is 37.3 Å². The molecule has 1 aliphatic rings. The lowest BCUT2D eigenvalue weighted by Crippen LogP contribution is -2.38. The first-order valence-electron chi connectivity index (χ1n) is 16.1. The van der Waals surface area contributed by atoms with Gasteiger partial charge in [-0.3, -0.25) is 9.78 Å². The van der Waals surface area contributed by atoms with Gasteiger partial charge in [-0.15, -0.1) is 0 Å². The van der Waals surface area contributed by atoms with Gasteiger partial charge in [0.2, 0.25) is 0 Å². The van der Waals surface area contributed by atoms with Gasteiger partial charge in [-0.25, -0.2) is 4.98 Å². The van der Waals surface area contributed by atoms with Crippen molar-refractivity contribution in [1.29, 1.82) is 0 Å². The first-order valence-corrected chi connectivity index (χ1v) is 17.1. The number of hydrogen-bond acceptors (Lipinski definition) is 8. The molecule has 9 heteroatoms. The second-order valence-electron chi connectivity index (χ2n) is 11.8. The fraction of sp³-hybridized carbons (Fsp3) is 0.175. The van der Waals surface area contributed by atoms with Crippen LogP contribution in [0.15, 0.2) is 143 Å². The van der Waals surface area contributed by atoms with Crippen LogP contribution in [-0.4, -0.2) is 32.8 Å². The van der Waals surface area contributed by atoms with Gasteiger partial charge in [0.1, 0.15) is 5.69 Å². The summed E-state index contributed by atoms with van der Waals surface area (Å²) >= 11 is 1.51. The second kappa shape index (κ2) is 15.0. The smallest absolute Gasteiger partial charge is 0.257 e. The van der Waals surface area contributed by atoms with Crippen LogP contribution in [0.4, 0.5) is 5.69 Å². The molecule has 0 unspecified atom stereocenters. The number of amides is 1. The van der Waals surface area contributed by atoms with Gasteiger partial charge in [0, 0.05) is 46.4 Å². The lowest BCUT2D eigenvalue weighted by Gasteiger charge is -2.41. The zero-order chi connectivity index (χ0) is 33.6. The number of hydrogen-bond donors (Lipinski definition) is 2. The SMILES string of the molecule is C[C@H]1[C@@H](CSc2nc(-c3ccccc3)c(-c3ccccc3)o2)O[C@@H](c2cccc(NC(=O)c3cccnc3)c2)O[C@H]1c1ccc(CO)cc1. The molecule has 0 saturated carbocycles. The molecule has 1 aliphatic heterocycles. The van der Waals surface area contributed by atoms with Gasteiger partial charge < -0.3 is 24.3 Å². The van der Waals surface area contributed by atoms with Crippen molar-refractivity contribution in [2.75, 3.05) is 11.1 Å². The first-order chi connectivity index (χ1) is 24.1. The number of aromatic nitrogens is 2. The molecule has 2 N–H and O–H groups in total. The molecule has 49 heavy (non-hydrogen) atoms. The number of benzene rings is 4. The van der Waals surface area contributed by atoms with Gasteiger partial charge in [0.25, 0.3) is 11.1 Å². The quantitative estimate of drug-likeness (QED) is 0.140. The lowest BCUT2D eigenvalue weighted by molar-refractivity contribution is -0.268. The third-order valence-electron chi connectivity index (χ3n) is 8.53. The number of ether oxygens (including phenoxy) is 2. The number of nitrogens with zero attached hydrogens (tertiary/aromatic N) is 2. The molecule has 4 aromatic carbocycles. The van der Waals surface area contributed by atoms with Gasteiger partial charge in [-0.1, -0.05) is 116 Å². The molecule has 6 aromatic rings. The number of pyridine rings is 1. The number of aliphatic hydroxyl groups excluding tert-OH is 1. The highest BCUT2D eigenvalue weighted by Gasteiger charge is 2.39. The van der Waals surface area contributed by atoms with Crippen LogP contribution >= 0.6 is 11.8 Å². The van der Waals surface area contributed by atoms with Crippen LogP contribution in [0.1, 0.15) is 46.4 Å². The van der Waals surface area contributed by atoms with Crippen LogP contribution in [-0.2, 0) is 16.1 Å². The van der Waals surface area contributed by atoms with E-state index in [1.165, 1.54) is 18.0 Å². The second-order valence-corrected chi connectivity index (χ2v) is 12.8. The topological polar surface area (TPSA) is 107 Å². The lowest BCUT2D eigenvalue weighted by atomic mass is 9.91. The number of anilines is 1. The Bertz CT molecular complexity index is 1930. The summed E-state index contributed by atoms with van der Waals surface area (Å²) < 4.78 is 19.7. The van der Waals surface area contributed by atoms with E-state index in [1.807, 2.05) is 109 Å². The first kappa shape index (κ1) is 32.5. The Hall–Kier alpha value is -5.06. The molecule has 3 heterocycles. The molecule has 7 rings (SSSR count). The van der Waals surface area contributed by atoms with Crippen LogP contribution in [0.25, 0.3) is 22.6 Å². The molecule has 1 fully saturated rings. The Kier molecular flexibility index (Phi) is 9.95. The number of nitrogens with one attached hydrogen (secondary N) is 1. The standard InChI is InChI=1S/C40H35N3O5S/c1-26-34(25-49-40-43-35(28-10-4-2-5-11-28)37(48-40)29-12-6-3-7-13-29)46-39(47-36(26)30-19-17-27(24-44)18-20-30)31-14-8-16-33(22-31)42-38(45)32-15-9-21-41-23-32/h2-23,26,34,36,39,44H,24-25H2,1H3,(H,42,45)/t26-,34+,36+,39+/m0/s1. The Morgan fingerprint density at radius 2 is 1.59 bits per heavy atom. The number of carbonyl (C=O) groups is 1. The minimum absolute atomic E-state index is 0.0317. The normalized spacial score (nSPS) is 19.0. The molecule has 2 aromatic heterocycles. The summed E-state index contributed by atoms with van der Waals surface area (Å²) in [4.78, 5) is 21.9. The fourth-order valence-corrected chi connectivity index (χ4v) is 6.85. The van der Waals surface area contributed by atoms with Crippen LogP contribution in [0.5, 0.6) is 0 Å². The van der Waals surface area contributed by atoms with Crippen LogP contribution in [0.2, 0.25) is 0 Å². The molecule has 1 saturated heterocycles. The van der Waals surface area contributed by atoms with Crippen molar-refractivity contribution in [2.24, 2.45) is 5.92 Å². The average molecular weight is 670 g/mol. The van der Waals surface area contributed by atoms with E-state index >= 15 is 0 Å².